The van der Waals surface area contributed by atoms with Crippen molar-refractivity contribution in [3.8, 4) is 0 Å². The van der Waals surface area contributed by atoms with Gasteiger partial charge < -0.3 is 10.2 Å². The highest BCUT2D eigenvalue weighted by molar-refractivity contribution is 7.89. The molecule has 0 unspecified atom stereocenters. The molecule has 0 amide bonds. The molecule has 1 aliphatic rings. The molecule has 118 valence electrons. The van der Waals surface area contributed by atoms with Gasteiger partial charge in [0.05, 0.1) is 4.90 Å². The Kier molecular flexibility index (Phi) is 4.57. The van der Waals surface area contributed by atoms with Crippen LogP contribution in [-0.2, 0) is 14.8 Å². The van der Waals surface area contributed by atoms with Gasteiger partial charge in [0.2, 0.25) is 10.0 Å². The van der Waals surface area contributed by atoms with Gasteiger partial charge in [-0.05, 0) is 56.9 Å². The number of anilines is 1. The van der Waals surface area contributed by atoms with Crippen molar-refractivity contribution in [1.29, 1.82) is 0 Å². The fraction of sp³-hybridized carbons (Fsp3) is 0.571. The number of sulfonamides is 1. The Balaban J connectivity index is 2.36. The maximum absolute atomic E-state index is 12.7. The van der Waals surface area contributed by atoms with E-state index in [0.29, 0.717) is 47.8 Å². The summed E-state index contributed by atoms with van der Waals surface area (Å²) < 4.78 is 33.6. The third-order valence-electron chi connectivity index (χ3n) is 3.87. The topological polar surface area (TPSA) is 93.5 Å². The molecular weight excluding hydrogens is 290 g/mol. The van der Waals surface area contributed by atoms with Crippen LogP contribution in [0.25, 0.3) is 0 Å². The first-order valence-electron chi connectivity index (χ1n) is 6.97. The van der Waals surface area contributed by atoms with Crippen LogP contribution in [0.4, 0.5) is 5.69 Å². The zero-order valence-electron chi connectivity index (χ0n) is 12.7. The Hall–Kier alpha value is -1.15. The summed E-state index contributed by atoms with van der Waals surface area (Å²) in [6.07, 6.45) is 1.35. The summed E-state index contributed by atoms with van der Waals surface area (Å²) in [5.74, 6) is 5.39. The smallest absolute Gasteiger partial charge is 0.241 e. The van der Waals surface area contributed by atoms with Crippen molar-refractivity contribution in [3.63, 3.8) is 0 Å². The Morgan fingerprint density at radius 1 is 1.19 bits per heavy atom. The van der Waals surface area contributed by atoms with E-state index < -0.39 is 15.6 Å². The lowest BCUT2D eigenvalue weighted by molar-refractivity contribution is 0.0537. The summed E-state index contributed by atoms with van der Waals surface area (Å²) in [4.78, 5) is 0.328. The third-order valence-corrected chi connectivity index (χ3v) is 5.82. The Morgan fingerprint density at radius 3 is 2.19 bits per heavy atom. The van der Waals surface area contributed by atoms with Crippen molar-refractivity contribution in [2.24, 2.45) is 5.84 Å². The molecule has 1 aromatic carbocycles. The molecule has 1 aliphatic heterocycles. The van der Waals surface area contributed by atoms with Gasteiger partial charge in [-0.2, -0.15) is 0 Å². The second-order valence-electron chi connectivity index (χ2n) is 5.86. The summed E-state index contributed by atoms with van der Waals surface area (Å²) >= 11 is 0. The summed E-state index contributed by atoms with van der Waals surface area (Å²) in [6.45, 7) is 6.62. The maximum Gasteiger partial charge on any atom is 0.241 e. The number of hydrogen-bond acceptors (Lipinski definition) is 5. The van der Waals surface area contributed by atoms with Crippen LogP contribution in [-0.4, -0.2) is 27.2 Å². The molecule has 1 aromatic rings. The van der Waals surface area contributed by atoms with Crippen molar-refractivity contribution >= 4 is 15.7 Å². The Labute approximate surface area is 126 Å². The van der Waals surface area contributed by atoms with E-state index in [1.54, 1.807) is 26.0 Å². The fourth-order valence-corrected chi connectivity index (χ4v) is 4.68. The predicted octanol–water partition coefficient (Wildman–Crippen LogP) is 1.44. The lowest BCUT2D eigenvalue weighted by atomic mass is 9.94. The van der Waals surface area contributed by atoms with Crippen molar-refractivity contribution < 1.29 is 13.2 Å². The zero-order chi connectivity index (χ0) is 15.7. The molecule has 0 saturated carbocycles. The van der Waals surface area contributed by atoms with E-state index in [4.69, 9.17) is 10.6 Å². The van der Waals surface area contributed by atoms with E-state index in [1.165, 1.54) is 0 Å². The van der Waals surface area contributed by atoms with Crippen molar-refractivity contribution in [2.75, 3.05) is 18.6 Å². The molecule has 0 spiro atoms. The first-order valence-corrected chi connectivity index (χ1v) is 8.45. The van der Waals surface area contributed by atoms with Gasteiger partial charge in [-0.3, -0.25) is 5.84 Å². The highest BCUT2D eigenvalue weighted by Gasteiger charge is 2.33. The molecule has 0 bridgehead atoms. The number of rotatable bonds is 4. The van der Waals surface area contributed by atoms with Gasteiger partial charge in [-0.15, -0.1) is 0 Å². The lowest BCUT2D eigenvalue weighted by Gasteiger charge is -2.34. The fourth-order valence-electron chi connectivity index (χ4n) is 2.76. The van der Waals surface area contributed by atoms with Gasteiger partial charge in [-0.25, -0.2) is 13.1 Å². The molecule has 6 nitrogen and oxygen atoms in total. The van der Waals surface area contributed by atoms with Crippen molar-refractivity contribution in [1.82, 2.24) is 4.72 Å². The van der Waals surface area contributed by atoms with E-state index in [0.717, 1.165) is 0 Å². The van der Waals surface area contributed by atoms with Gasteiger partial charge in [0.15, 0.2) is 0 Å². The number of nitrogens with two attached hydrogens (primary N) is 1. The third kappa shape index (κ3) is 3.55. The second-order valence-corrected chi connectivity index (χ2v) is 7.48. The minimum Gasteiger partial charge on any atom is -0.381 e. The lowest BCUT2D eigenvalue weighted by Crippen LogP contribution is -2.49. The largest absolute Gasteiger partial charge is 0.381 e. The molecule has 1 saturated heterocycles. The van der Waals surface area contributed by atoms with E-state index in [1.807, 2.05) is 6.92 Å². The van der Waals surface area contributed by atoms with Crippen LogP contribution >= 0.6 is 0 Å². The second kappa shape index (κ2) is 5.92. The van der Waals surface area contributed by atoms with Crippen LogP contribution in [0.5, 0.6) is 0 Å². The molecule has 2 rings (SSSR count). The van der Waals surface area contributed by atoms with Crippen LogP contribution in [0.1, 0.15) is 30.9 Å². The monoisotopic (exact) mass is 313 g/mol. The van der Waals surface area contributed by atoms with E-state index in [2.05, 4.69) is 10.1 Å². The van der Waals surface area contributed by atoms with E-state index >= 15 is 0 Å². The molecule has 0 radical (unpaired) electrons. The Morgan fingerprint density at radius 2 is 1.71 bits per heavy atom. The number of hydrazine groups is 1. The average Bonchev–Trinajstić information content (AvgIpc) is 2.36. The number of hydrogen-bond donors (Lipinski definition) is 3. The normalized spacial score (nSPS) is 18.5. The summed E-state index contributed by atoms with van der Waals surface area (Å²) in [7, 11) is -3.58. The van der Waals surface area contributed by atoms with Gasteiger partial charge in [-0.1, -0.05) is 0 Å². The first kappa shape index (κ1) is 16.2. The summed E-state index contributed by atoms with van der Waals surface area (Å²) in [5, 5.41) is 0. The molecule has 21 heavy (non-hydrogen) atoms. The van der Waals surface area contributed by atoms with Gasteiger partial charge in [0.1, 0.15) is 0 Å². The number of ether oxygens (including phenoxy) is 1. The predicted molar refractivity (Wildman–Crippen MR) is 82.5 cm³/mol. The molecular formula is C14H23N3O3S. The quantitative estimate of drug-likeness (QED) is 0.577. The van der Waals surface area contributed by atoms with Crippen molar-refractivity contribution in [2.45, 2.75) is 44.0 Å². The first-order chi connectivity index (χ1) is 9.77. The van der Waals surface area contributed by atoms with Gasteiger partial charge in [0, 0.05) is 24.4 Å². The number of nitrogens with one attached hydrogen (secondary N) is 2. The maximum atomic E-state index is 12.7. The van der Waals surface area contributed by atoms with Crippen LogP contribution < -0.4 is 16.0 Å². The molecule has 0 atom stereocenters. The van der Waals surface area contributed by atoms with Crippen molar-refractivity contribution in [3.05, 3.63) is 23.3 Å². The van der Waals surface area contributed by atoms with Crippen LogP contribution in [0, 0.1) is 13.8 Å². The van der Waals surface area contributed by atoms with Crippen LogP contribution in [0.3, 0.4) is 0 Å². The Bertz CT molecular complexity index is 599. The highest BCUT2D eigenvalue weighted by Crippen LogP contribution is 2.28. The summed E-state index contributed by atoms with van der Waals surface area (Å²) in [6, 6.07) is 3.46. The van der Waals surface area contributed by atoms with Gasteiger partial charge >= 0.3 is 0 Å². The van der Waals surface area contributed by atoms with E-state index in [9.17, 15) is 8.42 Å². The number of benzene rings is 1. The standard InChI is InChI=1S/C14H23N3O3S/c1-10-8-12(16-15)9-11(2)13(10)21(18,19)17-14(3)4-6-20-7-5-14/h8-9,16-17H,4-7,15H2,1-3H3. The van der Waals surface area contributed by atoms with Gasteiger partial charge in [0.25, 0.3) is 0 Å². The number of aryl methyl sites for hydroxylation is 2. The average molecular weight is 313 g/mol. The minimum absolute atomic E-state index is 0.328. The number of nitrogen functional groups attached to an aromatic ring is 1. The molecule has 4 N–H and O–H groups in total. The molecule has 1 heterocycles. The highest BCUT2D eigenvalue weighted by atomic mass is 32.2. The van der Waals surface area contributed by atoms with E-state index in [-0.39, 0.29) is 0 Å². The minimum atomic E-state index is -3.58. The molecule has 1 fully saturated rings. The zero-order valence-corrected chi connectivity index (χ0v) is 13.5. The van der Waals surface area contributed by atoms with Crippen LogP contribution in [0.15, 0.2) is 17.0 Å². The molecule has 7 heteroatoms. The summed E-state index contributed by atoms with van der Waals surface area (Å²) in [5.41, 5.74) is 4.13. The molecule has 0 aliphatic carbocycles. The van der Waals surface area contributed by atoms with Crippen LogP contribution in [0.2, 0.25) is 0 Å². The SMILES string of the molecule is Cc1cc(NN)cc(C)c1S(=O)(=O)NC1(C)CCOCC1. The molecule has 0 aromatic heterocycles.